The van der Waals surface area contributed by atoms with Gasteiger partial charge in [-0.3, -0.25) is 0 Å². The van der Waals surface area contributed by atoms with Gasteiger partial charge in [0.1, 0.15) is 0 Å². The lowest BCUT2D eigenvalue weighted by molar-refractivity contribution is 0.282. The fraction of sp³-hybridized carbons (Fsp3) is 0.571. The summed E-state index contributed by atoms with van der Waals surface area (Å²) >= 11 is 2.07. The number of thioether (sulfide) groups is 1. The summed E-state index contributed by atoms with van der Waals surface area (Å²) in [4.78, 5) is 2.47. The van der Waals surface area contributed by atoms with Crippen LogP contribution in [-0.2, 0) is 6.61 Å². The van der Waals surface area contributed by atoms with Gasteiger partial charge in [-0.15, -0.1) is 0 Å². The Hall–Kier alpha value is -0.670. The van der Waals surface area contributed by atoms with Crippen molar-refractivity contribution in [3.63, 3.8) is 0 Å². The highest BCUT2D eigenvalue weighted by molar-refractivity contribution is 8.00. The number of rotatable bonds is 2. The van der Waals surface area contributed by atoms with Crippen LogP contribution in [-0.4, -0.2) is 28.7 Å². The van der Waals surface area contributed by atoms with E-state index in [-0.39, 0.29) is 6.61 Å². The molecule has 3 heteroatoms. The molecule has 2 atom stereocenters. The molecule has 2 nitrogen and oxygen atoms in total. The topological polar surface area (TPSA) is 23.5 Å². The molecule has 2 unspecified atom stereocenters. The van der Waals surface area contributed by atoms with Crippen LogP contribution in [0.5, 0.6) is 0 Å². The molecule has 1 aromatic rings. The highest BCUT2D eigenvalue weighted by Crippen LogP contribution is 2.30. The van der Waals surface area contributed by atoms with Crippen molar-refractivity contribution in [3.8, 4) is 0 Å². The maximum absolute atomic E-state index is 9.13. The molecule has 0 aliphatic carbocycles. The lowest BCUT2D eigenvalue weighted by atomic mass is 10.1. The third-order valence-corrected chi connectivity index (χ3v) is 4.43. The molecule has 1 aliphatic rings. The first-order valence-electron chi connectivity index (χ1n) is 6.21. The number of benzene rings is 1. The predicted molar refractivity (Wildman–Crippen MR) is 75.8 cm³/mol. The molecule has 0 radical (unpaired) electrons. The lowest BCUT2D eigenvalue weighted by Gasteiger charge is -2.37. The van der Waals surface area contributed by atoms with Crippen LogP contribution in [0.4, 0.5) is 5.69 Å². The number of hydrogen-bond acceptors (Lipinski definition) is 3. The van der Waals surface area contributed by atoms with E-state index in [4.69, 9.17) is 5.11 Å². The molecule has 2 rings (SSSR count). The molecule has 0 bridgehead atoms. The second-order valence-electron chi connectivity index (χ2n) is 4.94. The van der Waals surface area contributed by atoms with Crippen LogP contribution in [0.2, 0.25) is 0 Å². The van der Waals surface area contributed by atoms with Gasteiger partial charge in [-0.2, -0.15) is 11.8 Å². The quantitative estimate of drug-likeness (QED) is 0.874. The van der Waals surface area contributed by atoms with Crippen molar-refractivity contribution < 1.29 is 5.11 Å². The summed E-state index contributed by atoms with van der Waals surface area (Å²) in [6, 6.07) is 6.27. The summed E-state index contributed by atoms with van der Waals surface area (Å²) in [7, 11) is 0. The standard InChI is InChI=1S/C14H21NOS/c1-10-6-13(9-16)4-5-14(10)15-7-11(2)17-12(3)8-15/h4-6,11-12,16H,7-9H2,1-3H3. The van der Waals surface area contributed by atoms with Crippen LogP contribution in [0.3, 0.4) is 0 Å². The number of anilines is 1. The maximum Gasteiger partial charge on any atom is 0.0681 e. The Kier molecular flexibility index (Phi) is 4.00. The second-order valence-corrected chi connectivity index (χ2v) is 6.82. The van der Waals surface area contributed by atoms with E-state index in [1.54, 1.807) is 0 Å². The summed E-state index contributed by atoms with van der Waals surface area (Å²) in [5.41, 5.74) is 3.59. The molecule has 0 amide bonds. The zero-order chi connectivity index (χ0) is 12.4. The van der Waals surface area contributed by atoms with E-state index < -0.39 is 0 Å². The van der Waals surface area contributed by atoms with Gasteiger partial charge in [0, 0.05) is 29.3 Å². The van der Waals surface area contributed by atoms with Gasteiger partial charge in [0.05, 0.1) is 6.61 Å². The highest BCUT2D eigenvalue weighted by Gasteiger charge is 2.23. The van der Waals surface area contributed by atoms with Crippen LogP contribution >= 0.6 is 11.8 Å². The molecule has 0 spiro atoms. The third-order valence-electron chi connectivity index (χ3n) is 3.20. The van der Waals surface area contributed by atoms with Gasteiger partial charge in [-0.05, 0) is 24.1 Å². The van der Waals surface area contributed by atoms with Gasteiger partial charge in [0.25, 0.3) is 0 Å². The van der Waals surface area contributed by atoms with Gasteiger partial charge in [-0.1, -0.05) is 26.0 Å². The number of nitrogens with zero attached hydrogens (tertiary/aromatic N) is 1. The smallest absolute Gasteiger partial charge is 0.0681 e. The molecule has 1 saturated heterocycles. The first-order chi connectivity index (χ1) is 8.10. The number of aryl methyl sites for hydroxylation is 1. The van der Waals surface area contributed by atoms with Crippen LogP contribution in [0, 0.1) is 6.92 Å². The SMILES string of the molecule is Cc1cc(CO)ccc1N1CC(C)SC(C)C1. The Morgan fingerprint density at radius 2 is 1.94 bits per heavy atom. The molecule has 0 saturated carbocycles. The Morgan fingerprint density at radius 1 is 1.29 bits per heavy atom. The van der Waals surface area contributed by atoms with Crippen LogP contribution in [0.15, 0.2) is 18.2 Å². The van der Waals surface area contributed by atoms with Gasteiger partial charge in [-0.25, -0.2) is 0 Å². The van der Waals surface area contributed by atoms with Gasteiger partial charge < -0.3 is 10.0 Å². The Morgan fingerprint density at radius 3 is 2.47 bits per heavy atom. The molecule has 1 N–H and O–H groups in total. The molecular weight excluding hydrogens is 230 g/mol. The minimum atomic E-state index is 0.129. The van der Waals surface area contributed by atoms with E-state index >= 15 is 0 Å². The third kappa shape index (κ3) is 2.96. The minimum Gasteiger partial charge on any atom is -0.392 e. The molecule has 0 aromatic heterocycles. The first kappa shape index (κ1) is 12.8. The fourth-order valence-corrected chi connectivity index (χ4v) is 3.87. The molecular formula is C14H21NOS. The number of hydrogen-bond donors (Lipinski definition) is 1. The maximum atomic E-state index is 9.13. The number of aliphatic hydroxyl groups is 1. The van der Waals surface area contributed by atoms with Crippen molar-refractivity contribution >= 4 is 17.4 Å². The van der Waals surface area contributed by atoms with Gasteiger partial charge >= 0.3 is 0 Å². The van der Waals surface area contributed by atoms with Crippen molar-refractivity contribution in [2.24, 2.45) is 0 Å². The zero-order valence-corrected chi connectivity index (χ0v) is 11.6. The van der Waals surface area contributed by atoms with E-state index in [0.717, 1.165) is 18.7 Å². The van der Waals surface area contributed by atoms with E-state index in [1.165, 1.54) is 11.3 Å². The lowest BCUT2D eigenvalue weighted by Crippen LogP contribution is -2.40. The van der Waals surface area contributed by atoms with Crippen molar-refractivity contribution in [1.29, 1.82) is 0 Å². The van der Waals surface area contributed by atoms with E-state index in [9.17, 15) is 0 Å². The van der Waals surface area contributed by atoms with Crippen LogP contribution < -0.4 is 4.90 Å². The molecule has 1 fully saturated rings. The highest BCUT2D eigenvalue weighted by atomic mass is 32.2. The van der Waals surface area contributed by atoms with E-state index in [1.807, 2.05) is 6.07 Å². The average molecular weight is 251 g/mol. The van der Waals surface area contributed by atoms with Crippen molar-refractivity contribution in [2.45, 2.75) is 37.9 Å². The fourth-order valence-electron chi connectivity index (χ4n) is 2.55. The van der Waals surface area contributed by atoms with Crippen molar-refractivity contribution in [3.05, 3.63) is 29.3 Å². The summed E-state index contributed by atoms with van der Waals surface area (Å²) in [5.74, 6) is 0. The average Bonchev–Trinajstić information content (AvgIpc) is 2.27. The van der Waals surface area contributed by atoms with Crippen LogP contribution in [0.25, 0.3) is 0 Å². The number of aliphatic hydroxyl groups excluding tert-OH is 1. The van der Waals surface area contributed by atoms with Gasteiger partial charge in [0.2, 0.25) is 0 Å². The largest absolute Gasteiger partial charge is 0.392 e. The Labute approximate surface area is 108 Å². The molecule has 94 valence electrons. The van der Waals surface area contributed by atoms with E-state index in [0.29, 0.717) is 10.5 Å². The predicted octanol–water partition coefficient (Wildman–Crippen LogP) is 2.82. The summed E-state index contributed by atoms with van der Waals surface area (Å²) in [6.07, 6.45) is 0. The summed E-state index contributed by atoms with van der Waals surface area (Å²) in [5, 5.41) is 10.5. The van der Waals surface area contributed by atoms with Gasteiger partial charge in [0.15, 0.2) is 0 Å². The zero-order valence-electron chi connectivity index (χ0n) is 10.8. The summed E-state index contributed by atoms with van der Waals surface area (Å²) < 4.78 is 0. The Bertz CT molecular complexity index is 384. The van der Waals surface area contributed by atoms with Crippen molar-refractivity contribution in [1.82, 2.24) is 0 Å². The minimum absolute atomic E-state index is 0.129. The van der Waals surface area contributed by atoms with E-state index in [2.05, 4.69) is 49.6 Å². The first-order valence-corrected chi connectivity index (χ1v) is 7.15. The monoisotopic (exact) mass is 251 g/mol. The molecule has 17 heavy (non-hydrogen) atoms. The van der Waals surface area contributed by atoms with Crippen molar-refractivity contribution in [2.75, 3.05) is 18.0 Å². The Balaban J connectivity index is 2.21. The molecule has 1 heterocycles. The summed E-state index contributed by atoms with van der Waals surface area (Å²) in [6.45, 7) is 9.09. The molecule has 1 aliphatic heterocycles. The molecule has 1 aromatic carbocycles. The second kappa shape index (κ2) is 5.32. The normalized spacial score (nSPS) is 25.1. The van der Waals surface area contributed by atoms with Crippen LogP contribution in [0.1, 0.15) is 25.0 Å².